The van der Waals surface area contributed by atoms with Crippen LogP contribution in [0.25, 0.3) is 6.08 Å². The fourth-order valence-electron chi connectivity index (χ4n) is 0.905. The van der Waals surface area contributed by atoms with Crippen LogP contribution in [0.15, 0.2) is 36.6 Å². The van der Waals surface area contributed by atoms with Gasteiger partial charge in [0.15, 0.2) is 6.79 Å². The van der Waals surface area contributed by atoms with E-state index in [0.29, 0.717) is 0 Å². The second-order valence-corrected chi connectivity index (χ2v) is 2.47. The van der Waals surface area contributed by atoms with Crippen molar-refractivity contribution in [2.24, 2.45) is 0 Å². The molecule has 0 aromatic heterocycles. The predicted molar refractivity (Wildman–Crippen MR) is 52.6 cm³/mol. The predicted octanol–water partition coefficient (Wildman–Crippen LogP) is 2.47. The van der Waals surface area contributed by atoms with Crippen molar-refractivity contribution < 1.29 is 9.47 Å². The molecule has 0 saturated heterocycles. The summed E-state index contributed by atoms with van der Waals surface area (Å²) in [6.45, 7) is 3.77. The Morgan fingerprint density at radius 3 is 2.62 bits per heavy atom. The molecule has 0 heterocycles. The van der Waals surface area contributed by atoms with Crippen LogP contribution >= 0.6 is 0 Å². The van der Waals surface area contributed by atoms with Crippen molar-refractivity contribution in [1.29, 1.82) is 0 Å². The SMILES string of the molecule is C=C=Cc1ccc(OCOC)cc1. The summed E-state index contributed by atoms with van der Waals surface area (Å²) >= 11 is 0. The first-order valence-electron chi connectivity index (χ1n) is 3.94. The van der Waals surface area contributed by atoms with Gasteiger partial charge < -0.3 is 9.47 Å². The molecule has 0 spiro atoms. The number of hydrogen-bond donors (Lipinski definition) is 0. The largest absolute Gasteiger partial charge is 0.468 e. The third-order valence-corrected chi connectivity index (χ3v) is 1.49. The Morgan fingerprint density at radius 2 is 2.08 bits per heavy atom. The van der Waals surface area contributed by atoms with Crippen molar-refractivity contribution in [2.45, 2.75) is 0 Å². The lowest BCUT2D eigenvalue weighted by Crippen LogP contribution is -1.98. The molecule has 1 aromatic rings. The maximum absolute atomic E-state index is 5.22. The van der Waals surface area contributed by atoms with E-state index >= 15 is 0 Å². The molecule has 68 valence electrons. The van der Waals surface area contributed by atoms with Gasteiger partial charge in [-0.2, -0.15) is 0 Å². The molecule has 0 bridgehead atoms. The first kappa shape index (κ1) is 9.59. The number of methoxy groups -OCH3 is 1. The number of benzene rings is 1. The highest BCUT2D eigenvalue weighted by molar-refractivity contribution is 5.49. The second-order valence-electron chi connectivity index (χ2n) is 2.47. The number of rotatable bonds is 4. The number of hydrogen-bond acceptors (Lipinski definition) is 2. The van der Waals surface area contributed by atoms with E-state index in [0.717, 1.165) is 11.3 Å². The van der Waals surface area contributed by atoms with Gasteiger partial charge >= 0.3 is 0 Å². The molecule has 1 aromatic carbocycles. The van der Waals surface area contributed by atoms with Crippen LogP contribution in [-0.2, 0) is 4.74 Å². The smallest absolute Gasteiger partial charge is 0.188 e. The van der Waals surface area contributed by atoms with E-state index in [1.807, 2.05) is 24.3 Å². The summed E-state index contributed by atoms with van der Waals surface area (Å²) in [6.07, 6.45) is 1.81. The molecule has 0 radical (unpaired) electrons. The van der Waals surface area contributed by atoms with E-state index in [2.05, 4.69) is 12.3 Å². The van der Waals surface area contributed by atoms with Crippen LogP contribution in [0.1, 0.15) is 5.56 Å². The van der Waals surface area contributed by atoms with E-state index < -0.39 is 0 Å². The average Bonchev–Trinajstić information content (AvgIpc) is 2.17. The highest BCUT2D eigenvalue weighted by Gasteiger charge is 1.91. The fraction of sp³-hybridized carbons (Fsp3) is 0.182. The monoisotopic (exact) mass is 176 g/mol. The fourth-order valence-corrected chi connectivity index (χ4v) is 0.905. The number of ether oxygens (including phenoxy) is 2. The van der Waals surface area contributed by atoms with Crippen LogP contribution in [0.4, 0.5) is 0 Å². The highest BCUT2D eigenvalue weighted by Crippen LogP contribution is 2.12. The van der Waals surface area contributed by atoms with Gasteiger partial charge in [0.05, 0.1) is 0 Å². The van der Waals surface area contributed by atoms with Gasteiger partial charge in [-0.3, -0.25) is 0 Å². The molecular formula is C11H12O2. The third-order valence-electron chi connectivity index (χ3n) is 1.49. The van der Waals surface area contributed by atoms with Gasteiger partial charge in [-0.05, 0) is 23.8 Å². The molecule has 0 aliphatic carbocycles. The second kappa shape index (κ2) is 5.20. The maximum atomic E-state index is 5.22. The van der Waals surface area contributed by atoms with Gasteiger partial charge in [0.2, 0.25) is 0 Å². The lowest BCUT2D eigenvalue weighted by Gasteiger charge is -2.03. The molecule has 0 unspecified atom stereocenters. The van der Waals surface area contributed by atoms with Crippen LogP contribution in [0, 0.1) is 0 Å². The van der Waals surface area contributed by atoms with E-state index in [4.69, 9.17) is 9.47 Å². The Morgan fingerprint density at radius 1 is 1.38 bits per heavy atom. The van der Waals surface area contributed by atoms with Crippen molar-refractivity contribution in [3.05, 3.63) is 42.1 Å². The molecule has 0 saturated carbocycles. The molecule has 0 aliphatic heterocycles. The summed E-state index contributed by atoms with van der Waals surface area (Å²) in [4.78, 5) is 0. The lowest BCUT2D eigenvalue weighted by molar-refractivity contribution is 0.0511. The minimum absolute atomic E-state index is 0.274. The summed E-state index contributed by atoms with van der Waals surface area (Å²) < 4.78 is 9.99. The zero-order chi connectivity index (χ0) is 9.52. The van der Waals surface area contributed by atoms with Gasteiger partial charge in [-0.1, -0.05) is 18.7 Å². The summed E-state index contributed by atoms with van der Waals surface area (Å²) in [5.41, 5.74) is 3.76. The summed E-state index contributed by atoms with van der Waals surface area (Å²) in [7, 11) is 1.59. The van der Waals surface area contributed by atoms with Gasteiger partial charge in [0, 0.05) is 7.11 Å². The van der Waals surface area contributed by atoms with Crippen LogP contribution in [0.2, 0.25) is 0 Å². The van der Waals surface area contributed by atoms with Crippen molar-refractivity contribution in [2.75, 3.05) is 13.9 Å². The molecule has 1 rings (SSSR count). The zero-order valence-corrected chi connectivity index (χ0v) is 7.62. The Hall–Kier alpha value is -1.50. The lowest BCUT2D eigenvalue weighted by atomic mass is 10.2. The normalized spacial score (nSPS) is 9.00. The van der Waals surface area contributed by atoms with Gasteiger partial charge in [0.1, 0.15) is 5.75 Å². The Kier molecular flexibility index (Phi) is 3.83. The summed E-state index contributed by atoms with van der Waals surface area (Å²) in [5, 5.41) is 0. The first-order valence-corrected chi connectivity index (χ1v) is 3.94. The zero-order valence-electron chi connectivity index (χ0n) is 7.62. The Balaban J connectivity index is 2.63. The molecule has 0 fully saturated rings. The molecule has 13 heavy (non-hydrogen) atoms. The Bertz CT molecular complexity index is 294. The molecule has 0 aliphatic rings. The van der Waals surface area contributed by atoms with Gasteiger partial charge in [0.25, 0.3) is 0 Å². The third kappa shape index (κ3) is 3.16. The minimum atomic E-state index is 0.274. The molecule has 2 heteroatoms. The standard InChI is InChI=1S/C11H12O2/c1-3-4-10-5-7-11(8-6-10)13-9-12-2/h4-8H,1,9H2,2H3. The van der Waals surface area contributed by atoms with Crippen molar-refractivity contribution in [3.63, 3.8) is 0 Å². The quantitative estimate of drug-likeness (QED) is 0.518. The molecule has 2 nitrogen and oxygen atoms in total. The van der Waals surface area contributed by atoms with Gasteiger partial charge in [-0.15, -0.1) is 5.73 Å². The van der Waals surface area contributed by atoms with Crippen molar-refractivity contribution in [3.8, 4) is 5.75 Å². The average molecular weight is 176 g/mol. The molecule has 0 N–H and O–H groups in total. The molecular weight excluding hydrogens is 164 g/mol. The minimum Gasteiger partial charge on any atom is -0.468 e. The van der Waals surface area contributed by atoms with Gasteiger partial charge in [-0.25, -0.2) is 0 Å². The van der Waals surface area contributed by atoms with E-state index in [1.54, 1.807) is 13.2 Å². The van der Waals surface area contributed by atoms with Crippen LogP contribution in [0.3, 0.4) is 0 Å². The summed E-state index contributed by atoms with van der Waals surface area (Å²) in [6, 6.07) is 7.62. The summed E-state index contributed by atoms with van der Waals surface area (Å²) in [5.74, 6) is 0.795. The maximum Gasteiger partial charge on any atom is 0.188 e. The van der Waals surface area contributed by atoms with Crippen molar-refractivity contribution in [1.82, 2.24) is 0 Å². The molecule has 0 amide bonds. The van der Waals surface area contributed by atoms with Crippen LogP contribution in [0.5, 0.6) is 5.75 Å². The van der Waals surface area contributed by atoms with Crippen LogP contribution in [-0.4, -0.2) is 13.9 Å². The first-order chi connectivity index (χ1) is 6.36. The molecule has 0 atom stereocenters. The van der Waals surface area contributed by atoms with E-state index in [9.17, 15) is 0 Å². The van der Waals surface area contributed by atoms with Crippen molar-refractivity contribution >= 4 is 6.08 Å². The van der Waals surface area contributed by atoms with Crippen LogP contribution < -0.4 is 4.74 Å². The topological polar surface area (TPSA) is 18.5 Å². The van der Waals surface area contributed by atoms with E-state index in [1.165, 1.54) is 0 Å². The highest BCUT2D eigenvalue weighted by atomic mass is 16.7. The van der Waals surface area contributed by atoms with E-state index in [-0.39, 0.29) is 6.79 Å². The Labute approximate surface area is 78.1 Å².